The van der Waals surface area contributed by atoms with Gasteiger partial charge in [0.25, 0.3) is 0 Å². The van der Waals surface area contributed by atoms with E-state index < -0.39 is 5.97 Å². The Balaban J connectivity index is 1.49. The number of esters is 1. The average molecular weight is 372 g/mol. The van der Waals surface area contributed by atoms with Gasteiger partial charge in [0, 0.05) is 5.41 Å². The maximum absolute atomic E-state index is 12.1. The van der Waals surface area contributed by atoms with Crippen molar-refractivity contribution in [1.82, 2.24) is 0 Å². The average Bonchev–Trinajstić information content (AvgIpc) is 2.96. The minimum Gasteiger partial charge on any atom is -0.508 e. The molecule has 0 spiro atoms. The summed E-state index contributed by atoms with van der Waals surface area (Å²) in [4.78, 5) is 22.8. The largest absolute Gasteiger partial charge is 0.508 e. The second-order valence-corrected chi connectivity index (χ2v) is 8.79. The number of aryl methyl sites for hydroxylation is 1. The molecule has 0 bridgehead atoms. The van der Waals surface area contributed by atoms with Gasteiger partial charge < -0.3 is 14.9 Å². The lowest BCUT2D eigenvalue weighted by Crippen LogP contribution is -2.45. The highest BCUT2D eigenvalue weighted by molar-refractivity contribution is 5.76. The smallest absolute Gasteiger partial charge is 0.306 e. The van der Waals surface area contributed by atoms with Crippen molar-refractivity contribution in [3.8, 4) is 5.75 Å². The topological polar surface area (TPSA) is 83.8 Å². The van der Waals surface area contributed by atoms with Crippen LogP contribution in [0.2, 0.25) is 0 Å². The molecule has 0 unspecified atom stereocenters. The molecule has 4 rings (SSSR count). The van der Waals surface area contributed by atoms with E-state index in [4.69, 9.17) is 9.84 Å². The van der Waals surface area contributed by atoms with Gasteiger partial charge in [-0.2, -0.15) is 0 Å². The summed E-state index contributed by atoms with van der Waals surface area (Å²) in [5, 5.41) is 18.6. The van der Waals surface area contributed by atoms with Crippen LogP contribution in [-0.2, 0) is 20.7 Å². The number of rotatable bonds is 4. The van der Waals surface area contributed by atoms with Crippen LogP contribution in [0.15, 0.2) is 18.2 Å². The fraction of sp³-hybridized carbons (Fsp3) is 0.636. The number of benzene rings is 1. The Morgan fingerprint density at radius 3 is 2.78 bits per heavy atom. The van der Waals surface area contributed by atoms with Gasteiger partial charge in [-0.3, -0.25) is 9.59 Å². The van der Waals surface area contributed by atoms with Crippen molar-refractivity contribution in [1.29, 1.82) is 0 Å². The Bertz CT molecular complexity index is 757. The fourth-order valence-electron chi connectivity index (χ4n) is 6.14. The number of carboxylic acid groups (broad SMARTS) is 1. The normalized spacial score (nSPS) is 34.3. The van der Waals surface area contributed by atoms with E-state index in [0.717, 1.165) is 38.5 Å². The van der Waals surface area contributed by atoms with Crippen molar-refractivity contribution < 1.29 is 24.5 Å². The molecule has 0 aromatic heterocycles. The molecule has 5 heteroatoms. The Hall–Kier alpha value is -2.04. The Morgan fingerprint density at radius 2 is 2.00 bits per heavy atom. The van der Waals surface area contributed by atoms with E-state index in [-0.39, 0.29) is 30.3 Å². The number of hydrogen-bond acceptors (Lipinski definition) is 4. The van der Waals surface area contributed by atoms with Crippen LogP contribution in [0.1, 0.15) is 68.9 Å². The first-order valence-electron chi connectivity index (χ1n) is 10.1. The Kier molecular flexibility index (Phi) is 4.65. The third kappa shape index (κ3) is 3.21. The zero-order chi connectivity index (χ0) is 19.2. The van der Waals surface area contributed by atoms with Crippen LogP contribution in [0.4, 0.5) is 0 Å². The van der Waals surface area contributed by atoms with Crippen LogP contribution in [0.3, 0.4) is 0 Å². The van der Waals surface area contributed by atoms with Crippen LogP contribution in [0, 0.1) is 17.3 Å². The van der Waals surface area contributed by atoms with Gasteiger partial charge in [-0.15, -0.1) is 0 Å². The van der Waals surface area contributed by atoms with Crippen molar-refractivity contribution in [2.75, 3.05) is 0 Å². The molecule has 0 aliphatic heterocycles. The monoisotopic (exact) mass is 372 g/mol. The van der Waals surface area contributed by atoms with E-state index >= 15 is 0 Å². The molecule has 146 valence electrons. The second kappa shape index (κ2) is 6.84. The Labute approximate surface area is 159 Å². The number of phenols is 1. The predicted molar refractivity (Wildman–Crippen MR) is 99.5 cm³/mol. The zero-order valence-electron chi connectivity index (χ0n) is 15.8. The van der Waals surface area contributed by atoms with E-state index in [9.17, 15) is 14.7 Å². The van der Waals surface area contributed by atoms with Crippen LogP contribution in [-0.4, -0.2) is 28.3 Å². The highest BCUT2D eigenvalue weighted by Crippen LogP contribution is 2.61. The number of aliphatic carboxylic acids is 1. The number of carboxylic acids is 1. The van der Waals surface area contributed by atoms with Crippen LogP contribution in [0.5, 0.6) is 5.75 Å². The fourth-order valence-corrected chi connectivity index (χ4v) is 6.14. The lowest BCUT2D eigenvalue weighted by molar-refractivity contribution is -0.159. The molecular formula is C22H28O5. The molecular weight excluding hydrogens is 344 g/mol. The molecule has 1 aromatic rings. The van der Waals surface area contributed by atoms with Gasteiger partial charge in [0.15, 0.2) is 0 Å². The molecule has 0 heterocycles. The third-order valence-electron chi connectivity index (χ3n) is 7.44. The van der Waals surface area contributed by atoms with E-state index in [1.54, 1.807) is 6.07 Å². The molecule has 1 aromatic carbocycles. The van der Waals surface area contributed by atoms with E-state index in [2.05, 4.69) is 13.0 Å². The molecule has 3 aliphatic rings. The summed E-state index contributed by atoms with van der Waals surface area (Å²) in [5.41, 5.74) is 2.68. The number of aromatic hydroxyl groups is 1. The highest BCUT2D eigenvalue weighted by atomic mass is 16.5. The summed E-state index contributed by atoms with van der Waals surface area (Å²) in [6, 6.07) is 5.82. The second-order valence-electron chi connectivity index (χ2n) is 8.79. The van der Waals surface area contributed by atoms with Crippen molar-refractivity contribution in [2.45, 2.75) is 70.3 Å². The molecule has 3 aliphatic carbocycles. The van der Waals surface area contributed by atoms with Gasteiger partial charge in [0.2, 0.25) is 0 Å². The first-order valence-corrected chi connectivity index (χ1v) is 10.1. The van der Waals surface area contributed by atoms with Gasteiger partial charge in [-0.25, -0.2) is 0 Å². The molecule has 0 saturated heterocycles. The molecule has 0 radical (unpaired) electrons. The van der Waals surface area contributed by atoms with Gasteiger partial charge in [0.05, 0.1) is 12.8 Å². The van der Waals surface area contributed by atoms with Crippen LogP contribution >= 0.6 is 0 Å². The van der Waals surface area contributed by atoms with Gasteiger partial charge in [0.1, 0.15) is 11.9 Å². The summed E-state index contributed by atoms with van der Waals surface area (Å²) >= 11 is 0. The summed E-state index contributed by atoms with van der Waals surface area (Å²) in [6.07, 6.45) is 5.88. The van der Waals surface area contributed by atoms with Gasteiger partial charge >= 0.3 is 11.9 Å². The maximum Gasteiger partial charge on any atom is 0.306 e. The number of fused-ring (bicyclic) bond motifs is 5. The summed E-state index contributed by atoms with van der Waals surface area (Å²) in [6.45, 7) is 2.27. The molecule has 5 atom stereocenters. The quantitative estimate of drug-likeness (QED) is 0.780. The predicted octanol–water partition coefficient (Wildman–Crippen LogP) is 4.02. The van der Waals surface area contributed by atoms with Crippen molar-refractivity contribution in [3.63, 3.8) is 0 Å². The number of carbonyl (C=O) groups is 2. The summed E-state index contributed by atoms with van der Waals surface area (Å²) in [5.74, 6) is 0.681. The third-order valence-corrected chi connectivity index (χ3v) is 7.44. The highest BCUT2D eigenvalue weighted by Gasteiger charge is 2.56. The minimum atomic E-state index is -0.963. The van der Waals surface area contributed by atoms with Crippen LogP contribution in [0.25, 0.3) is 0 Å². The summed E-state index contributed by atoms with van der Waals surface area (Å²) in [7, 11) is 0. The van der Waals surface area contributed by atoms with Crippen molar-refractivity contribution >= 4 is 11.9 Å². The molecule has 0 amide bonds. The number of carbonyl (C=O) groups excluding carboxylic acids is 1. The maximum atomic E-state index is 12.1. The first-order chi connectivity index (χ1) is 12.9. The number of ether oxygens (including phenoxy) is 1. The number of hydrogen-bond donors (Lipinski definition) is 2. The lowest BCUT2D eigenvalue weighted by atomic mass is 9.55. The SMILES string of the molecule is C[C@]12CC[C@@H]3c4ccc(O)cc4CC[C@@H]3[C@H]1CC[C@H]2OC(=O)CCC(=O)O. The van der Waals surface area contributed by atoms with Gasteiger partial charge in [-0.05, 0) is 79.5 Å². The Morgan fingerprint density at radius 1 is 1.19 bits per heavy atom. The van der Waals surface area contributed by atoms with Crippen molar-refractivity contribution in [3.05, 3.63) is 29.3 Å². The molecule has 2 N–H and O–H groups in total. The van der Waals surface area contributed by atoms with Crippen molar-refractivity contribution in [2.24, 2.45) is 17.3 Å². The standard InChI is InChI=1S/C22H28O5/c1-22-11-10-16-15-5-3-14(23)12-13(15)2-4-17(16)18(22)6-7-19(22)27-21(26)9-8-20(24)25/h3,5,12,16-19,23H,2,4,6-11H2,1H3,(H,24,25)/t16-,17+,18-,19-,22+/m1/s1. The lowest BCUT2D eigenvalue weighted by Gasteiger charge is -2.50. The minimum absolute atomic E-state index is 0.00548. The van der Waals surface area contributed by atoms with E-state index in [1.807, 2.05) is 6.07 Å². The van der Waals surface area contributed by atoms with E-state index in [0.29, 0.717) is 23.5 Å². The van der Waals surface area contributed by atoms with E-state index in [1.165, 1.54) is 11.1 Å². The summed E-state index contributed by atoms with van der Waals surface area (Å²) < 4.78 is 5.76. The zero-order valence-corrected chi connectivity index (χ0v) is 15.8. The van der Waals surface area contributed by atoms with Gasteiger partial charge in [-0.1, -0.05) is 13.0 Å². The van der Waals surface area contributed by atoms with Crippen LogP contribution < -0.4 is 0 Å². The molecule has 27 heavy (non-hydrogen) atoms. The molecule has 2 fully saturated rings. The molecule has 5 nitrogen and oxygen atoms in total. The number of phenolic OH excluding ortho intramolecular Hbond substituents is 1. The first kappa shape index (κ1) is 18.3. The molecule has 2 saturated carbocycles.